The average Bonchev–Trinajstić information content (AvgIpc) is 2.74. The number of rotatable bonds is 6. The third-order valence-corrected chi connectivity index (χ3v) is 4.39. The normalized spacial score (nSPS) is 10.4. The number of halogens is 1. The van der Waals surface area contributed by atoms with Crippen LogP contribution in [0.5, 0.6) is 0 Å². The zero-order valence-corrected chi connectivity index (χ0v) is 15.4. The van der Waals surface area contributed by atoms with Crippen molar-refractivity contribution < 1.29 is 23.9 Å². The van der Waals surface area contributed by atoms with Gasteiger partial charge in [-0.25, -0.2) is 9.18 Å². The van der Waals surface area contributed by atoms with Crippen LogP contribution in [0.2, 0.25) is 0 Å². The van der Waals surface area contributed by atoms with Gasteiger partial charge >= 0.3 is 11.9 Å². The van der Waals surface area contributed by atoms with Crippen LogP contribution in [0, 0.1) is 5.82 Å². The van der Waals surface area contributed by atoms with E-state index in [1.54, 1.807) is 18.2 Å². The molecule has 0 atom stereocenters. The molecule has 146 valence electrons. The molecule has 0 bridgehead atoms. The van der Waals surface area contributed by atoms with Crippen LogP contribution in [0.3, 0.4) is 0 Å². The van der Waals surface area contributed by atoms with Gasteiger partial charge in [0, 0.05) is 17.7 Å². The van der Waals surface area contributed by atoms with Crippen LogP contribution in [-0.4, -0.2) is 22.8 Å². The highest BCUT2D eigenvalue weighted by atomic mass is 19.1. The minimum absolute atomic E-state index is 0.0841. The molecule has 0 aromatic heterocycles. The fraction of sp³-hybridized carbons (Fsp3) is 0.0870. The van der Waals surface area contributed by atoms with Crippen molar-refractivity contribution in [1.29, 1.82) is 0 Å². The summed E-state index contributed by atoms with van der Waals surface area (Å²) in [7, 11) is 0. The molecule has 0 aliphatic carbocycles. The van der Waals surface area contributed by atoms with Crippen molar-refractivity contribution in [3.63, 3.8) is 0 Å². The minimum atomic E-state index is -1.71. The van der Waals surface area contributed by atoms with Gasteiger partial charge in [0.1, 0.15) is 5.82 Å². The van der Waals surface area contributed by atoms with E-state index in [-0.39, 0.29) is 29.1 Å². The molecule has 0 heterocycles. The maximum Gasteiger partial charge on any atom is 0.395 e. The van der Waals surface area contributed by atoms with E-state index in [2.05, 4.69) is 0 Å². The molecule has 3 aromatic carbocycles. The Balaban J connectivity index is 2.00. The molecule has 0 radical (unpaired) electrons. The van der Waals surface area contributed by atoms with Gasteiger partial charge in [-0.15, -0.1) is 0 Å². The van der Waals surface area contributed by atoms with Gasteiger partial charge in [-0.3, -0.25) is 14.5 Å². The van der Waals surface area contributed by atoms with Gasteiger partial charge in [0.25, 0.3) is 0 Å². The standard InChI is InChI=1S/C23H18FNO4/c24-17-12-13-19(21(26)14-11-16-7-3-1-4-8-16)20(15-17)25(22(27)23(28)29)18-9-5-2-6-10-18/h1-10,12-13,15H,11,14H2,(H,28,29). The van der Waals surface area contributed by atoms with Crippen LogP contribution in [0.1, 0.15) is 22.3 Å². The third kappa shape index (κ3) is 4.73. The quantitative estimate of drug-likeness (QED) is 0.500. The molecule has 29 heavy (non-hydrogen) atoms. The largest absolute Gasteiger partial charge is 0.474 e. The molecule has 0 unspecified atom stereocenters. The number of hydrogen-bond donors (Lipinski definition) is 1. The van der Waals surface area contributed by atoms with Crippen molar-refractivity contribution in [2.24, 2.45) is 0 Å². The number of benzene rings is 3. The van der Waals surface area contributed by atoms with Crippen molar-refractivity contribution in [2.75, 3.05) is 4.90 Å². The Hall–Kier alpha value is -3.80. The van der Waals surface area contributed by atoms with E-state index < -0.39 is 17.7 Å². The summed E-state index contributed by atoms with van der Waals surface area (Å²) < 4.78 is 14.0. The summed E-state index contributed by atoms with van der Waals surface area (Å²) in [6.45, 7) is 0. The van der Waals surface area contributed by atoms with Crippen molar-refractivity contribution in [1.82, 2.24) is 0 Å². The second-order valence-electron chi connectivity index (χ2n) is 6.35. The van der Waals surface area contributed by atoms with Crippen molar-refractivity contribution in [2.45, 2.75) is 12.8 Å². The summed E-state index contributed by atoms with van der Waals surface area (Å²) in [5.74, 6) is -3.98. The van der Waals surface area contributed by atoms with E-state index in [1.807, 2.05) is 30.3 Å². The van der Waals surface area contributed by atoms with E-state index in [1.165, 1.54) is 18.2 Å². The van der Waals surface area contributed by atoms with Crippen LogP contribution in [-0.2, 0) is 16.0 Å². The van der Waals surface area contributed by atoms with E-state index in [0.717, 1.165) is 22.6 Å². The van der Waals surface area contributed by atoms with Gasteiger partial charge in [-0.2, -0.15) is 0 Å². The van der Waals surface area contributed by atoms with Gasteiger partial charge in [0.15, 0.2) is 5.78 Å². The molecule has 5 nitrogen and oxygen atoms in total. The first-order valence-electron chi connectivity index (χ1n) is 8.96. The number of amides is 1. The molecule has 0 aliphatic rings. The monoisotopic (exact) mass is 391 g/mol. The minimum Gasteiger partial charge on any atom is -0.474 e. The van der Waals surface area contributed by atoms with Crippen molar-refractivity contribution in [3.8, 4) is 0 Å². The number of hydrogen-bond acceptors (Lipinski definition) is 3. The van der Waals surface area contributed by atoms with E-state index in [4.69, 9.17) is 0 Å². The van der Waals surface area contributed by atoms with E-state index >= 15 is 0 Å². The molecule has 0 saturated heterocycles. The van der Waals surface area contributed by atoms with Crippen LogP contribution in [0.4, 0.5) is 15.8 Å². The topological polar surface area (TPSA) is 74.7 Å². The zero-order chi connectivity index (χ0) is 20.8. The first-order valence-corrected chi connectivity index (χ1v) is 8.96. The zero-order valence-electron chi connectivity index (χ0n) is 15.4. The molecule has 3 aromatic rings. The SMILES string of the molecule is O=C(O)C(=O)N(c1ccccc1)c1cc(F)ccc1C(=O)CCc1ccccc1. The number of carboxylic acids is 1. The van der Waals surface area contributed by atoms with Crippen molar-refractivity contribution >= 4 is 29.0 Å². The fourth-order valence-electron chi connectivity index (χ4n) is 3.00. The van der Waals surface area contributed by atoms with Gasteiger partial charge in [0.05, 0.1) is 5.69 Å². The second-order valence-corrected chi connectivity index (χ2v) is 6.35. The van der Waals surface area contributed by atoms with Crippen LogP contribution >= 0.6 is 0 Å². The first-order chi connectivity index (χ1) is 14.0. The van der Waals surface area contributed by atoms with Gasteiger partial charge in [-0.1, -0.05) is 48.5 Å². The average molecular weight is 391 g/mol. The number of nitrogens with zero attached hydrogens (tertiary/aromatic N) is 1. The summed E-state index contributed by atoms with van der Waals surface area (Å²) in [4.78, 5) is 37.5. The first kappa shape index (κ1) is 19.9. The molecule has 0 aliphatic heterocycles. The lowest BCUT2D eigenvalue weighted by Crippen LogP contribution is -2.33. The number of carbonyl (C=O) groups is 3. The molecule has 0 saturated carbocycles. The van der Waals surface area contributed by atoms with Gasteiger partial charge in [-0.05, 0) is 42.3 Å². The summed E-state index contributed by atoms with van der Waals surface area (Å²) in [6.07, 6.45) is 0.598. The molecule has 0 spiro atoms. The maximum atomic E-state index is 14.0. The highest BCUT2D eigenvalue weighted by Crippen LogP contribution is 2.31. The molecular weight excluding hydrogens is 373 g/mol. The number of ketones is 1. The van der Waals surface area contributed by atoms with Crippen molar-refractivity contribution in [3.05, 3.63) is 95.8 Å². The Bertz CT molecular complexity index is 1040. The second kappa shape index (κ2) is 8.93. The Morgan fingerprint density at radius 3 is 2.10 bits per heavy atom. The molecular formula is C23H18FNO4. The summed E-state index contributed by atoms with van der Waals surface area (Å²) in [5, 5.41) is 9.26. The molecule has 0 fully saturated rings. The number of anilines is 2. The Labute approximate surface area is 167 Å². The fourth-order valence-corrected chi connectivity index (χ4v) is 3.00. The number of aliphatic carboxylic acids is 1. The number of para-hydroxylation sites is 1. The maximum absolute atomic E-state index is 14.0. The van der Waals surface area contributed by atoms with Gasteiger partial charge < -0.3 is 5.11 Å². The van der Waals surface area contributed by atoms with Crippen LogP contribution in [0.25, 0.3) is 0 Å². The van der Waals surface area contributed by atoms with E-state index in [9.17, 15) is 23.9 Å². The summed E-state index contributed by atoms with van der Waals surface area (Å²) >= 11 is 0. The van der Waals surface area contributed by atoms with Gasteiger partial charge in [0.2, 0.25) is 0 Å². The molecule has 6 heteroatoms. The Morgan fingerprint density at radius 2 is 1.48 bits per heavy atom. The predicted octanol–water partition coefficient (Wildman–Crippen LogP) is 4.39. The smallest absolute Gasteiger partial charge is 0.395 e. The Morgan fingerprint density at radius 1 is 0.862 bits per heavy atom. The Kier molecular flexibility index (Phi) is 6.14. The molecule has 1 N–H and O–H groups in total. The molecule has 1 amide bonds. The summed E-state index contributed by atoms with van der Waals surface area (Å²) in [5.41, 5.74) is 1.18. The lowest BCUT2D eigenvalue weighted by molar-refractivity contribution is -0.148. The van der Waals surface area contributed by atoms with Crippen LogP contribution < -0.4 is 4.90 Å². The highest BCUT2D eigenvalue weighted by Gasteiger charge is 2.28. The number of Topliss-reactive ketones (excluding diaryl/α,β-unsaturated/α-hetero) is 1. The van der Waals surface area contributed by atoms with Crippen LogP contribution in [0.15, 0.2) is 78.9 Å². The lowest BCUT2D eigenvalue weighted by Gasteiger charge is -2.23. The summed E-state index contributed by atoms with van der Waals surface area (Å²) in [6, 6.07) is 20.8. The highest BCUT2D eigenvalue weighted by molar-refractivity contribution is 6.39. The number of aryl methyl sites for hydroxylation is 1. The molecule has 3 rings (SSSR count). The predicted molar refractivity (Wildman–Crippen MR) is 107 cm³/mol. The third-order valence-electron chi connectivity index (χ3n) is 4.39. The lowest BCUT2D eigenvalue weighted by atomic mass is 10.00. The number of carboxylic acid groups (broad SMARTS) is 1. The van der Waals surface area contributed by atoms with E-state index in [0.29, 0.717) is 6.42 Å². The number of carbonyl (C=O) groups excluding carboxylic acids is 2.